The molecule has 2 aromatic carbocycles. The number of anilines is 1. The fraction of sp³-hybridized carbons (Fsp3) is 0.0952. The summed E-state index contributed by atoms with van der Waals surface area (Å²) in [5.41, 5.74) is 1.73. The molecule has 0 aliphatic carbocycles. The van der Waals surface area contributed by atoms with Gasteiger partial charge in [-0.2, -0.15) is 18.3 Å². The standard InChI is InChI=1S/C21H15F3N4O5S2/c22-21(23,24)13-3-1-11(2-4-13)18-17(29)12(10-35-18)7-8-25-27-20(34)26-14-5-6-15(19(30)31)16(9-14)28(32)33/h1-6,8-10,29H,7H2,(H,30,31)(H2,26,27,34). The van der Waals surface area contributed by atoms with Crippen LogP contribution in [-0.4, -0.2) is 32.4 Å². The summed E-state index contributed by atoms with van der Waals surface area (Å²) in [6.07, 6.45) is -2.88. The van der Waals surface area contributed by atoms with Crippen LogP contribution in [-0.2, 0) is 12.6 Å². The van der Waals surface area contributed by atoms with Gasteiger partial charge in [0.25, 0.3) is 5.69 Å². The molecule has 0 saturated carbocycles. The van der Waals surface area contributed by atoms with E-state index >= 15 is 0 Å². The molecule has 0 unspecified atom stereocenters. The van der Waals surface area contributed by atoms with Gasteiger partial charge in [0.2, 0.25) is 0 Å². The number of hydrazone groups is 1. The molecule has 3 rings (SSSR count). The van der Waals surface area contributed by atoms with Gasteiger partial charge in [0.1, 0.15) is 11.3 Å². The number of aromatic hydroxyl groups is 1. The van der Waals surface area contributed by atoms with Crippen molar-refractivity contribution in [1.82, 2.24) is 5.43 Å². The van der Waals surface area contributed by atoms with E-state index in [0.29, 0.717) is 16.0 Å². The number of benzene rings is 2. The van der Waals surface area contributed by atoms with Crippen LogP contribution in [0, 0.1) is 10.1 Å². The molecule has 0 aliphatic rings. The van der Waals surface area contributed by atoms with E-state index in [-0.39, 0.29) is 23.0 Å². The van der Waals surface area contributed by atoms with E-state index in [1.807, 2.05) is 0 Å². The van der Waals surface area contributed by atoms with Crippen molar-refractivity contribution in [2.24, 2.45) is 5.10 Å². The molecule has 0 spiro atoms. The molecule has 0 radical (unpaired) electrons. The maximum Gasteiger partial charge on any atom is 0.416 e. The van der Waals surface area contributed by atoms with Gasteiger partial charge in [0.15, 0.2) is 5.11 Å². The first kappa shape index (κ1) is 25.6. The molecule has 182 valence electrons. The maximum atomic E-state index is 12.7. The quantitative estimate of drug-likeness (QED) is 0.142. The predicted octanol–water partition coefficient (Wildman–Crippen LogP) is 5.26. The Bertz CT molecular complexity index is 1310. The normalized spacial score (nSPS) is 11.4. The van der Waals surface area contributed by atoms with Crippen molar-refractivity contribution in [3.8, 4) is 16.2 Å². The monoisotopic (exact) mass is 524 g/mol. The van der Waals surface area contributed by atoms with Crippen LogP contribution in [0.5, 0.6) is 5.75 Å². The van der Waals surface area contributed by atoms with Gasteiger partial charge in [-0.15, -0.1) is 11.3 Å². The number of nitro benzene ring substituents is 1. The first-order valence-electron chi connectivity index (χ1n) is 9.54. The second-order valence-corrected chi connectivity index (χ2v) is 8.18. The number of carboxylic acids is 1. The third-order valence-corrected chi connectivity index (χ3v) is 5.82. The van der Waals surface area contributed by atoms with Crippen molar-refractivity contribution in [2.45, 2.75) is 12.6 Å². The van der Waals surface area contributed by atoms with Crippen molar-refractivity contribution >= 4 is 52.2 Å². The molecule has 0 bridgehead atoms. The van der Waals surface area contributed by atoms with Crippen LogP contribution in [0.3, 0.4) is 0 Å². The number of rotatable bonds is 7. The van der Waals surface area contributed by atoms with Gasteiger partial charge in [0.05, 0.1) is 15.4 Å². The van der Waals surface area contributed by atoms with Crippen molar-refractivity contribution in [3.63, 3.8) is 0 Å². The zero-order valence-corrected chi connectivity index (χ0v) is 19.0. The molecular weight excluding hydrogens is 509 g/mol. The number of carbonyl (C=O) groups is 1. The molecule has 3 aromatic rings. The second-order valence-electron chi connectivity index (χ2n) is 6.89. The zero-order chi connectivity index (χ0) is 25.8. The average Bonchev–Trinajstić information content (AvgIpc) is 3.16. The number of thiocarbonyl (C=S) groups is 1. The molecule has 9 nitrogen and oxygen atoms in total. The lowest BCUT2D eigenvalue weighted by atomic mass is 10.1. The highest BCUT2D eigenvalue weighted by Gasteiger charge is 2.30. The number of aromatic carboxylic acids is 1. The first-order chi connectivity index (χ1) is 16.5. The predicted molar refractivity (Wildman–Crippen MR) is 128 cm³/mol. The number of carboxylic acid groups (broad SMARTS) is 1. The number of nitrogens with zero attached hydrogens (tertiary/aromatic N) is 2. The van der Waals surface area contributed by atoms with Gasteiger partial charge in [-0.05, 0) is 47.4 Å². The summed E-state index contributed by atoms with van der Waals surface area (Å²) in [6.45, 7) is 0. The number of thiophene rings is 1. The fourth-order valence-corrected chi connectivity index (χ4v) is 4.05. The topological polar surface area (TPSA) is 137 Å². The molecule has 4 N–H and O–H groups in total. The number of hydrogen-bond acceptors (Lipinski definition) is 7. The van der Waals surface area contributed by atoms with Gasteiger partial charge in [-0.1, -0.05) is 12.1 Å². The Kier molecular flexibility index (Phi) is 7.66. The van der Waals surface area contributed by atoms with Crippen LogP contribution in [0.1, 0.15) is 21.5 Å². The average molecular weight is 525 g/mol. The van der Waals surface area contributed by atoms with E-state index in [2.05, 4.69) is 15.8 Å². The Hall–Kier alpha value is -4.04. The van der Waals surface area contributed by atoms with Crippen LogP contribution in [0.2, 0.25) is 0 Å². The number of hydrogen-bond donors (Lipinski definition) is 4. The molecule has 0 saturated heterocycles. The fourth-order valence-electron chi connectivity index (χ4n) is 2.90. The third-order valence-electron chi connectivity index (χ3n) is 4.56. The molecule has 0 amide bonds. The van der Waals surface area contributed by atoms with Gasteiger partial charge < -0.3 is 15.5 Å². The SMILES string of the molecule is O=C(O)c1ccc(NC(=S)NN=CCc2csc(-c3ccc(C(F)(F)F)cc3)c2O)cc1[N+](=O)[O-]. The third kappa shape index (κ3) is 6.30. The Balaban J connectivity index is 1.59. The van der Waals surface area contributed by atoms with Crippen LogP contribution >= 0.6 is 23.6 Å². The molecule has 0 fully saturated rings. The molecule has 1 aromatic heterocycles. The Morgan fingerprint density at radius 2 is 1.91 bits per heavy atom. The lowest BCUT2D eigenvalue weighted by Crippen LogP contribution is -2.24. The van der Waals surface area contributed by atoms with E-state index in [1.54, 1.807) is 5.38 Å². The largest absolute Gasteiger partial charge is 0.506 e. The smallest absolute Gasteiger partial charge is 0.416 e. The van der Waals surface area contributed by atoms with Gasteiger partial charge >= 0.3 is 12.1 Å². The number of nitro groups is 1. The minimum atomic E-state index is -4.45. The number of halogens is 3. The van der Waals surface area contributed by atoms with E-state index < -0.39 is 33.9 Å². The highest BCUT2D eigenvalue weighted by molar-refractivity contribution is 7.80. The van der Waals surface area contributed by atoms with Gasteiger partial charge in [0, 0.05) is 30.0 Å². The Labute approximate surface area is 204 Å². The summed E-state index contributed by atoms with van der Waals surface area (Å²) in [7, 11) is 0. The summed E-state index contributed by atoms with van der Waals surface area (Å²) in [4.78, 5) is 21.7. The van der Waals surface area contributed by atoms with E-state index in [0.717, 1.165) is 24.3 Å². The minimum Gasteiger partial charge on any atom is -0.506 e. The van der Waals surface area contributed by atoms with E-state index in [9.17, 15) is 33.2 Å². The van der Waals surface area contributed by atoms with Crippen molar-refractivity contribution in [3.05, 3.63) is 74.6 Å². The molecule has 35 heavy (non-hydrogen) atoms. The summed E-state index contributed by atoms with van der Waals surface area (Å²) in [6, 6.07) is 7.85. The first-order valence-corrected chi connectivity index (χ1v) is 10.8. The summed E-state index contributed by atoms with van der Waals surface area (Å²) in [5, 5.41) is 38.6. The Morgan fingerprint density at radius 1 is 1.23 bits per heavy atom. The minimum absolute atomic E-state index is 0.0291. The maximum absolute atomic E-state index is 12.7. The van der Waals surface area contributed by atoms with Gasteiger partial charge in [-0.3, -0.25) is 15.5 Å². The van der Waals surface area contributed by atoms with Crippen molar-refractivity contribution < 1.29 is 33.1 Å². The van der Waals surface area contributed by atoms with Crippen LogP contribution < -0.4 is 10.7 Å². The number of nitrogens with one attached hydrogen (secondary N) is 2. The molecule has 0 aliphatic heterocycles. The molecule has 0 atom stereocenters. The van der Waals surface area contributed by atoms with Crippen LogP contribution in [0.15, 0.2) is 52.9 Å². The lowest BCUT2D eigenvalue weighted by Gasteiger charge is -2.08. The van der Waals surface area contributed by atoms with Crippen molar-refractivity contribution in [2.75, 3.05) is 5.32 Å². The zero-order valence-electron chi connectivity index (χ0n) is 17.4. The summed E-state index contributed by atoms with van der Waals surface area (Å²) < 4.78 is 38.2. The second kappa shape index (κ2) is 10.5. The summed E-state index contributed by atoms with van der Waals surface area (Å²) in [5.74, 6) is -1.51. The van der Waals surface area contributed by atoms with Crippen LogP contribution in [0.25, 0.3) is 10.4 Å². The molecular formula is C21H15F3N4O5S2. The molecule has 14 heteroatoms. The molecule has 1 heterocycles. The van der Waals surface area contributed by atoms with E-state index in [1.165, 1.54) is 35.8 Å². The van der Waals surface area contributed by atoms with Crippen LogP contribution in [0.4, 0.5) is 24.5 Å². The Morgan fingerprint density at radius 3 is 2.51 bits per heavy atom. The highest BCUT2D eigenvalue weighted by atomic mass is 32.1. The number of alkyl halides is 3. The van der Waals surface area contributed by atoms with E-state index in [4.69, 9.17) is 17.3 Å². The lowest BCUT2D eigenvalue weighted by molar-refractivity contribution is -0.385. The highest BCUT2D eigenvalue weighted by Crippen LogP contribution is 2.39. The summed E-state index contributed by atoms with van der Waals surface area (Å²) >= 11 is 6.21. The van der Waals surface area contributed by atoms with Gasteiger partial charge in [-0.25, -0.2) is 4.79 Å². The van der Waals surface area contributed by atoms with Crippen molar-refractivity contribution in [1.29, 1.82) is 0 Å².